The van der Waals surface area contributed by atoms with Gasteiger partial charge in [-0.3, -0.25) is 10.3 Å². The molecule has 2 rings (SSSR count). The minimum absolute atomic E-state index is 0.159. The summed E-state index contributed by atoms with van der Waals surface area (Å²) in [6.45, 7) is 7.15. The second kappa shape index (κ2) is 13.0. The molecule has 0 bridgehead atoms. The summed E-state index contributed by atoms with van der Waals surface area (Å²) in [5.74, 6) is 1.26. The smallest absolute Gasteiger partial charge is 0.141 e. The third-order valence-electron chi connectivity index (χ3n) is 3.97. The molecule has 162 valence electrons. The van der Waals surface area contributed by atoms with E-state index in [2.05, 4.69) is 12.1 Å². The molecule has 0 aliphatic rings. The van der Waals surface area contributed by atoms with E-state index in [9.17, 15) is 0 Å². The summed E-state index contributed by atoms with van der Waals surface area (Å²) in [4.78, 5) is 5.45. The number of halogens is 4. The predicted octanol–water partition coefficient (Wildman–Crippen LogP) is 7.35. The lowest BCUT2D eigenvalue weighted by molar-refractivity contribution is 0.0733. The van der Waals surface area contributed by atoms with Crippen LogP contribution in [0, 0.1) is 6.92 Å². The minimum atomic E-state index is 0.159. The molecule has 0 fully saturated rings. The maximum absolute atomic E-state index is 6.32. The van der Waals surface area contributed by atoms with Crippen molar-refractivity contribution in [3.8, 4) is 11.5 Å². The topological polar surface area (TPSA) is 39.7 Å². The first kappa shape index (κ1) is 24.7. The molecule has 4 nitrogen and oxygen atoms in total. The van der Waals surface area contributed by atoms with Crippen LogP contribution in [0.1, 0.15) is 24.0 Å². The van der Waals surface area contributed by atoms with Crippen molar-refractivity contribution in [2.24, 2.45) is 0 Å². The van der Waals surface area contributed by atoms with Gasteiger partial charge in [0, 0.05) is 11.1 Å². The average Bonchev–Trinajstić information content (AvgIpc) is 2.69. The van der Waals surface area contributed by atoms with E-state index < -0.39 is 0 Å². The predicted molar refractivity (Wildman–Crippen MR) is 126 cm³/mol. The van der Waals surface area contributed by atoms with E-state index in [0.29, 0.717) is 40.5 Å². The number of aryl methyl sites for hydroxylation is 1. The number of nitrogens with one attached hydrogen (secondary N) is 1. The van der Waals surface area contributed by atoms with Crippen LogP contribution in [-0.4, -0.2) is 19.8 Å². The van der Waals surface area contributed by atoms with E-state index in [1.165, 1.54) is 0 Å². The lowest BCUT2D eigenvalue weighted by atomic mass is 10.2. The molecule has 1 N–H and O–H groups in total. The molecule has 8 heteroatoms. The Kier molecular flexibility index (Phi) is 10.7. The number of rotatable bonds is 12. The van der Waals surface area contributed by atoms with Crippen LogP contribution in [-0.2, 0) is 4.84 Å². The molecule has 0 heterocycles. The van der Waals surface area contributed by atoms with Crippen LogP contribution in [0.2, 0.25) is 10.0 Å². The van der Waals surface area contributed by atoms with Crippen molar-refractivity contribution in [3.63, 3.8) is 0 Å². The van der Waals surface area contributed by atoms with E-state index in [4.69, 9.17) is 60.7 Å². The summed E-state index contributed by atoms with van der Waals surface area (Å²) < 4.78 is 11.5. The zero-order valence-electron chi connectivity index (χ0n) is 16.5. The number of hydroxylamine groups is 1. The molecular weight excluding hydrogens is 468 g/mol. The van der Waals surface area contributed by atoms with Gasteiger partial charge in [-0.1, -0.05) is 65.1 Å². The summed E-state index contributed by atoms with van der Waals surface area (Å²) in [6, 6.07) is 10.9. The second-order valence-corrected chi connectivity index (χ2v) is 8.20. The highest BCUT2D eigenvalue weighted by atomic mass is 35.5. The molecule has 0 amide bonds. The van der Waals surface area contributed by atoms with E-state index in [-0.39, 0.29) is 11.1 Å². The van der Waals surface area contributed by atoms with Gasteiger partial charge in [0.25, 0.3) is 0 Å². The van der Waals surface area contributed by atoms with E-state index >= 15 is 0 Å². The Morgan fingerprint density at radius 3 is 2.40 bits per heavy atom. The van der Waals surface area contributed by atoms with Gasteiger partial charge in [0.1, 0.15) is 22.6 Å². The highest BCUT2D eigenvalue weighted by molar-refractivity contribution is 6.55. The minimum Gasteiger partial charge on any atom is -0.492 e. The Bertz CT molecular complexity index is 842. The van der Waals surface area contributed by atoms with Gasteiger partial charge >= 0.3 is 0 Å². The first-order chi connectivity index (χ1) is 14.4. The number of hydrogen-bond donors (Lipinski definition) is 1. The number of benzene rings is 2. The zero-order valence-corrected chi connectivity index (χ0v) is 19.5. The van der Waals surface area contributed by atoms with Gasteiger partial charge in [0.2, 0.25) is 0 Å². The van der Waals surface area contributed by atoms with Crippen molar-refractivity contribution in [1.82, 2.24) is 5.48 Å². The SMILES string of the molecule is C=C(NOCCCCOc1c(C)cc(OCC=C(Cl)Cl)cc1Cl)c1ccc(Cl)cc1. The Balaban J connectivity index is 1.67. The molecule has 0 aliphatic carbocycles. The van der Waals surface area contributed by atoms with Gasteiger partial charge in [0.15, 0.2) is 0 Å². The second-order valence-electron chi connectivity index (χ2n) is 6.35. The molecule has 0 saturated heterocycles. The molecule has 0 spiro atoms. The van der Waals surface area contributed by atoms with Crippen LogP contribution in [0.3, 0.4) is 0 Å². The quantitative estimate of drug-likeness (QED) is 0.249. The van der Waals surface area contributed by atoms with Gasteiger partial charge in [-0.05, 0) is 55.2 Å². The maximum atomic E-state index is 6.32. The van der Waals surface area contributed by atoms with Crippen molar-refractivity contribution in [2.45, 2.75) is 19.8 Å². The lowest BCUT2D eigenvalue weighted by Gasteiger charge is -2.13. The molecule has 2 aromatic rings. The highest BCUT2D eigenvalue weighted by Gasteiger charge is 2.09. The maximum Gasteiger partial charge on any atom is 0.141 e. The van der Waals surface area contributed by atoms with Gasteiger partial charge < -0.3 is 9.47 Å². The molecule has 2 aromatic carbocycles. The van der Waals surface area contributed by atoms with Crippen LogP contribution >= 0.6 is 46.4 Å². The fourth-order valence-electron chi connectivity index (χ4n) is 2.47. The summed E-state index contributed by atoms with van der Waals surface area (Å²) >= 11 is 23.3. The molecule has 0 atom stereocenters. The number of unbranched alkanes of at least 4 members (excludes halogenated alkanes) is 1. The van der Waals surface area contributed by atoms with E-state index in [0.717, 1.165) is 24.0 Å². The lowest BCUT2D eigenvalue weighted by Crippen LogP contribution is -2.13. The summed E-state index contributed by atoms with van der Waals surface area (Å²) in [5.41, 5.74) is 5.32. The normalized spacial score (nSPS) is 10.4. The summed E-state index contributed by atoms with van der Waals surface area (Å²) in [5, 5.41) is 1.17. The Hall–Kier alpha value is -1.56. The third kappa shape index (κ3) is 8.66. The Morgan fingerprint density at radius 2 is 1.73 bits per heavy atom. The zero-order chi connectivity index (χ0) is 21.9. The monoisotopic (exact) mass is 489 g/mol. The van der Waals surface area contributed by atoms with Crippen LogP contribution in [0.25, 0.3) is 5.70 Å². The molecular formula is C22H23Cl4NO3. The van der Waals surface area contributed by atoms with E-state index in [1.54, 1.807) is 24.3 Å². The van der Waals surface area contributed by atoms with Crippen LogP contribution in [0.4, 0.5) is 0 Å². The van der Waals surface area contributed by atoms with E-state index in [1.807, 2.05) is 25.1 Å². The van der Waals surface area contributed by atoms with Crippen LogP contribution in [0.5, 0.6) is 11.5 Å². The van der Waals surface area contributed by atoms with Crippen molar-refractivity contribution in [2.75, 3.05) is 19.8 Å². The summed E-state index contributed by atoms with van der Waals surface area (Å²) in [7, 11) is 0. The molecule has 0 radical (unpaired) electrons. The molecule has 0 aromatic heterocycles. The van der Waals surface area contributed by atoms with Crippen LogP contribution < -0.4 is 15.0 Å². The van der Waals surface area contributed by atoms with Crippen molar-refractivity contribution < 1.29 is 14.3 Å². The van der Waals surface area contributed by atoms with Crippen LogP contribution in [0.15, 0.2) is 53.5 Å². The van der Waals surface area contributed by atoms with Crippen molar-refractivity contribution in [3.05, 3.63) is 74.7 Å². The Morgan fingerprint density at radius 1 is 1.03 bits per heavy atom. The number of ether oxygens (including phenoxy) is 2. The molecule has 0 aliphatic heterocycles. The average molecular weight is 491 g/mol. The summed E-state index contributed by atoms with van der Waals surface area (Å²) in [6.07, 6.45) is 3.17. The number of hydrogen-bond acceptors (Lipinski definition) is 4. The molecule has 0 unspecified atom stereocenters. The third-order valence-corrected chi connectivity index (χ3v) is 4.81. The van der Waals surface area contributed by atoms with Crippen molar-refractivity contribution >= 4 is 52.1 Å². The largest absolute Gasteiger partial charge is 0.492 e. The standard InChI is InChI=1S/C22H23Cl4NO3/c1-15-13-19(28-12-9-21(25)26)14-20(24)22(15)29-10-3-4-11-30-27-16(2)17-5-7-18(23)8-6-17/h5-9,13-14,27H,2-4,10-12H2,1H3. The van der Waals surface area contributed by atoms with Gasteiger partial charge in [-0.2, -0.15) is 0 Å². The Labute approximate surface area is 197 Å². The van der Waals surface area contributed by atoms with Gasteiger partial charge in [0.05, 0.1) is 23.9 Å². The molecule has 0 saturated carbocycles. The fraction of sp³-hybridized carbons (Fsp3) is 0.273. The van der Waals surface area contributed by atoms with Crippen molar-refractivity contribution in [1.29, 1.82) is 0 Å². The first-order valence-corrected chi connectivity index (χ1v) is 10.8. The molecule has 30 heavy (non-hydrogen) atoms. The first-order valence-electron chi connectivity index (χ1n) is 9.26. The highest BCUT2D eigenvalue weighted by Crippen LogP contribution is 2.33. The van der Waals surface area contributed by atoms with Gasteiger partial charge in [-0.25, -0.2) is 0 Å². The van der Waals surface area contributed by atoms with Gasteiger partial charge in [-0.15, -0.1) is 0 Å². The fourth-order valence-corrected chi connectivity index (χ4v) is 3.03.